The maximum atomic E-state index is 3.64. The van der Waals surface area contributed by atoms with Gasteiger partial charge in [-0.15, -0.1) is 0 Å². The molecule has 1 aliphatic heterocycles. The van der Waals surface area contributed by atoms with Gasteiger partial charge in [0, 0.05) is 18.1 Å². The summed E-state index contributed by atoms with van der Waals surface area (Å²) < 4.78 is 0. The molecular formula is C17H36N2. The quantitative estimate of drug-likeness (QED) is 0.835. The first kappa shape index (κ1) is 17.0. The summed E-state index contributed by atoms with van der Waals surface area (Å²) in [4.78, 5) is 2.70. The second kappa shape index (κ2) is 6.13. The number of hydrogen-bond donors (Lipinski definition) is 1. The van der Waals surface area contributed by atoms with Gasteiger partial charge in [-0.1, -0.05) is 27.7 Å². The maximum absolute atomic E-state index is 3.64. The van der Waals surface area contributed by atoms with Crippen molar-refractivity contribution in [3.63, 3.8) is 0 Å². The molecule has 0 aromatic rings. The topological polar surface area (TPSA) is 15.3 Å². The van der Waals surface area contributed by atoms with E-state index < -0.39 is 0 Å². The lowest BCUT2D eigenvalue weighted by molar-refractivity contribution is 0.162. The Kier molecular flexibility index (Phi) is 5.48. The van der Waals surface area contributed by atoms with Gasteiger partial charge >= 0.3 is 0 Å². The average Bonchev–Trinajstić information content (AvgIpc) is 2.72. The van der Waals surface area contributed by atoms with E-state index in [0.717, 1.165) is 12.5 Å². The standard InChI is InChI=1S/C17H36N2/c1-13(11-18-17(6,7)8)14(2)19-10-9-15(12-19)16(3,4)5/h13-15,18H,9-12H2,1-8H3. The summed E-state index contributed by atoms with van der Waals surface area (Å²) in [6, 6.07) is 0.683. The molecule has 0 spiro atoms. The van der Waals surface area contributed by atoms with E-state index in [1.165, 1.54) is 19.5 Å². The molecule has 0 aromatic carbocycles. The molecule has 114 valence electrons. The van der Waals surface area contributed by atoms with Crippen LogP contribution in [0.25, 0.3) is 0 Å². The lowest BCUT2D eigenvalue weighted by Crippen LogP contribution is -2.45. The molecule has 0 aromatic heterocycles. The predicted octanol–water partition coefficient (Wildman–Crippen LogP) is 3.77. The molecule has 1 rings (SSSR count). The van der Waals surface area contributed by atoms with Gasteiger partial charge in [-0.3, -0.25) is 0 Å². The van der Waals surface area contributed by atoms with E-state index in [1.807, 2.05) is 0 Å². The predicted molar refractivity (Wildman–Crippen MR) is 85.5 cm³/mol. The first-order valence-electron chi connectivity index (χ1n) is 8.00. The van der Waals surface area contributed by atoms with Crippen LogP contribution in [-0.2, 0) is 0 Å². The summed E-state index contributed by atoms with van der Waals surface area (Å²) in [6.45, 7) is 22.4. The van der Waals surface area contributed by atoms with Crippen LogP contribution in [0.2, 0.25) is 0 Å². The Morgan fingerprint density at radius 3 is 2.11 bits per heavy atom. The Balaban J connectivity index is 2.44. The molecule has 0 aliphatic carbocycles. The molecule has 2 heteroatoms. The van der Waals surface area contributed by atoms with Crippen molar-refractivity contribution in [1.29, 1.82) is 0 Å². The first-order chi connectivity index (χ1) is 8.50. The van der Waals surface area contributed by atoms with E-state index in [9.17, 15) is 0 Å². The molecular weight excluding hydrogens is 232 g/mol. The van der Waals surface area contributed by atoms with E-state index >= 15 is 0 Å². The zero-order valence-electron chi connectivity index (χ0n) is 14.5. The molecule has 1 aliphatic rings. The molecule has 1 N–H and O–H groups in total. The van der Waals surface area contributed by atoms with Crippen LogP contribution in [0.1, 0.15) is 61.8 Å². The van der Waals surface area contributed by atoms with Crippen molar-refractivity contribution in [2.75, 3.05) is 19.6 Å². The third-order valence-electron chi connectivity index (χ3n) is 4.80. The highest BCUT2D eigenvalue weighted by atomic mass is 15.2. The van der Waals surface area contributed by atoms with Crippen LogP contribution < -0.4 is 5.32 Å². The molecule has 1 saturated heterocycles. The van der Waals surface area contributed by atoms with Crippen molar-refractivity contribution in [2.24, 2.45) is 17.3 Å². The second-order valence-corrected chi connectivity index (χ2v) is 8.70. The molecule has 2 nitrogen and oxygen atoms in total. The normalized spacial score (nSPS) is 25.6. The lowest BCUT2D eigenvalue weighted by atomic mass is 9.80. The summed E-state index contributed by atoms with van der Waals surface area (Å²) in [5, 5.41) is 3.64. The van der Waals surface area contributed by atoms with E-state index in [-0.39, 0.29) is 5.54 Å². The van der Waals surface area contributed by atoms with Crippen LogP contribution in [0.3, 0.4) is 0 Å². The largest absolute Gasteiger partial charge is 0.312 e. The van der Waals surface area contributed by atoms with Crippen molar-refractivity contribution >= 4 is 0 Å². The average molecular weight is 268 g/mol. The number of rotatable bonds is 4. The lowest BCUT2D eigenvalue weighted by Gasteiger charge is -2.33. The Morgan fingerprint density at radius 2 is 1.68 bits per heavy atom. The highest BCUT2D eigenvalue weighted by molar-refractivity contribution is 4.88. The summed E-state index contributed by atoms with van der Waals surface area (Å²) in [6.07, 6.45) is 1.37. The molecule has 0 bridgehead atoms. The zero-order chi connectivity index (χ0) is 14.8. The maximum Gasteiger partial charge on any atom is 0.0105 e. The fourth-order valence-electron chi connectivity index (χ4n) is 2.86. The van der Waals surface area contributed by atoms with Gasteiger partial charge in [-0.2, -0.15) is 0 Å². The van der Waals surface area contributed by atoms with Crippen LogP contribution in [-0.4, -0.2) is 36.1 Å². The summed E-state index contributed by atoms with van der Waals surface area (Å²) >= 11 is 0. The minimum absolute atomic E-state index is 0.229. The van der Waals surface area contributed by atoms with Gasteiger partial charge in [0.25, 0.3) is 0 Å². The van der Waals surface area contributed by atoms with Gasteiger partial charge in [0.05, 0.1) is 0 Å². The van der Waals surface area contributed by atoms with Gasteiger partial charge < -0.3 is 10.2 Å². The highest BCUT2D eigenvalue weighted by Gasteiger charge is 2.34. The fraction of sp³-hybridized carbons (Fsp3) is 1.00. The Morgan fingerprint density at radius 1 is 1.11 bits per heavy atom. The second-order valence-electron chi connectivity index (χ2n) is 8.70. The van der Waals surface area contributed by atoms with Gasteiger partial charge in [0.1, 0.15) is 0 Å². The van der Waals surface area contributed by atoms with Gasteiger partial charge in [0.15, 0.2) is 0 Å². The molecule has 19 heavy (non-hydrogen) atoms. The first-order valence-corrected chi connectivity index (χ1v) is 8.00. The van der Waals surface area contributed by atoms with Crippen molar-refractivity contribution in [3.05, 3.63) is 0 Å². The molecule has 1 fully saturated rings. The number of hydrogen-bond acceptors (Lipinski definition) is 2. The molecule has 0 saturated carbocycles. The van der Waals surface area contributed by atoms with E-state index in [1.54, 1.807) is 0 Å². The highest BCUT2D eigenvalue weighted by Crippen LogP contribution is 2.35. The summed E-state index contributed by atoms with van der Waals surface area (Å²) in [7, 11) is 0. The van der Waals surface area contributed by atoms with Gasteiger partial charge in [0.2, 0.25) is 0 Å². The molecule has 3 unspecified atom stereocenters. The van der Waals surface area contributed by atoms with E-state index in [4.69, 9.17) is 0 Å². The Bertz CT molecular complexity index is 272. The van der Waals surface area contributed by atoms with Gasteiger partial charge in [-0.05, 0) is 64.5 Å². The summed E-state index contributed by atoms with van der Waals surface area (Å²) in [5.74, 6) is 1.57. The fourth-order valence-corrected chi connectivity index (χ4v) is 2.86. The number of nitrogens with zero attached hydrogens (tertiary/aromatic N) is 1. The molecule has 0 amide bonds. The smallest absolute Gasteiger partial charge is 0.0105 e. The molecule has 3 atom stereocenters. The minimum atomic E-state index is 0.229. The van der Waals surface area contributed by atoms with Gasteiger partial charge in [-0.25, -0.2) is 0 Å². The van der Waals surface area contributed by atoms with Crippen LogP contribution >= 0.6 is 0 Å². The third-order valence-corrected chi connectivity index (χ3v) is 4.80. The SMILES string of the molecule is CC(CNC(C)(C)C)C(C)N1CCC(C(C)(C)C)C1. The Hall–Kier alpha value is -0.0800. The minimum Gasteiger partial charge on any atom is -0.312 e. The Labute approximate surface area is 121 Å². The van der Waals surface area contributed by atoms with Crippen molar-refractivity contribution in [3.8, 4) is 0 Å². The van der Waals surface area contributed by atoms with Crippen LogP contribution in [0.5, 0.6) is 0 Å². The van der Waals surface area contributed by atoms with E-state index in [2.05, 4.69) is 65.6 Å². The number of likely N-dealkylation sites (tertiary alicyclic amines) is 1. The van der Waals surface area contributed by atoms with Crippen LogP contribution in [0.4, 0.5) is 0 Å². The van der Waals surface area contributed by atoms with Crippen molar-refractivity contribution in [1.82, 2.24) is 10.2 Å². The van der Waals surface area contributed by atoms with E-state index in [0.29, 0.717) is 17.4 Å². The molecule has 1 heterocycles. The monoisotopic (exact) mass is 268 g/mol. The number of nitrogens with one attached hydrogen (secondary N) is 1. The van der Waals surface area contributed by atoms with Crippen molar-refractivity contribution < 1.29 is 0 Å². The zero-order valence-corrected chi connectivity index (χ0v) is 14.5. The summed E-state index contributed by atoms with van der Waals surface area (Å²) in [5.41, 5.74) is 0.689. The molecule has 0 radical (unpaired) electrons. The van der Waals surface area contributed by atoms with Crippen molar-refractivity contribution in [2.45, 2.75) is 73.4 Å². The third kappa shape index (κ3) is 5.43. The van der Waals surface area contributed by atoms with Crippen LogP contribution in [0.15, 0.2) is 0 Å². The van der Waals surface area contributed by atoms with Crippen LogP contribution in [0, 0.1) is 17.3 Å².